The first-order chi connectivity index (χ1) is 9.22. The lowest BCUT2D eigenvalue weighted by atomic mass is 10.0. The van der Waals surface area contributed by atoms with Crippen molar-refractivity contribution in [3.05, 3.63) is 42.0 Å². The smallest absolute Gasteiger partial charge is 0.253 e. The lowest BCUT2D eigenvalue weighted by Gasteiger charge is -2.09. The van der Waals surface area contributed by atoms with E-state index in [2.05, 4.69) is 5.32 Å². The zero-order chi connectivity index (χ0) is 13.7. The Hall–Kier alpha value is -2.07. The summed E-state index contributed by atoms with van der Waals surface area (Å²) in [5, 5.41) is 4.92. The molecule has 0 unspecified atom stereocenters. The lowest BCUT2D eigenvalue weighted by Crippen LogP contribution is -2.25. The van der Waals surface area contributed by atoms with E-state index in [1.54, 1.807) is 0 Å². The standard InChI is InChI=1S/C15H19N3O/c16-7-3-4-8-18-15(19)13-9-11-5-1-2-6-12(11)10-14(13)17/h1-2,5-6,9-10H,3-4,7-8,16-17H2,(H,18,19). The van der Waals surface area contributed by atoms with Crippen molar-refractivity contribution in [3.8, 4) is 0 Å². The first-order valence-electron chi connectivity index (χ1n) is 6.49. The number of hydrogen-bond donors (Lipinski definition) is 3. The summed E-state index contributed by atoms with van der Waals surface area (Å²) < 4.78 is 0. The van der Waals surface area contributed by atoms with Gasteiger partial charge in [0, 0.05) is 12.2 Å². The van der Waals surface area contributed by atoms with Crippen LogP contribution in [-0.4, -0.2) is 19.0 Å². The Balaban J connectivity index is 2.15. The van der Waals surface area contributed by atoms with Gasteiger partial charge in [-0.1, -0.05) is 24.3 Å². The Morgan fingerprint density at radius 3 is 2.47 bits per heavy atom. The second-order valence-corrected chi connectivity index (χ2v) is 4.54. The van der Waals surface area contributed by atoms with E-state index in [1.165, 1.54) is 0 Å². The van der Waals surface area contributed by atoms with Crippen LogP contribution in [0.25, 0.3) is 10.8 Å². The van der Waals surface area contributed by atoms with Crippen LogP contribution in [0, 0.1) is 0 Å². The summed E-state index contributed by atoms with van der Waals surface area (Å²) in [5.74, 6) is -0.125. The first-order valence-corrected chi connectivity index (χ1v) is 6.49. The maximum absolute atomic E-state index is 12.0. The number of anilines is 1. The normalized spacial score (nSPS) is 10.6. The highest BCUT2D eigenvalue weighted by Gasteiger charge is 2.10. The Kier molecular flexibility index (Phi) is 4.36. The van der Waals surface area contributed by atoms with Gasteiger partial charge in [0.25, 0.3) is 5.91 Å². The molecule has 4 nitrogen and oxygen atoms in total. The van der Waals surface area contributed by atoms with Crippen molar-refractivity contribution >= 4 is 22.4 Å². The molecular weight excluding hydrogens is 238 g/mol. The van der Waals surface area contributed by atoms with E-state index in [-0.39, 0.29) is 5.91 Å². The highest BCUT2D eigenvalue weighted by atomic mass is 16.1. The molecule has 0 spiro atoms. The number of nitrogens with two attached hydrogens (primary N) is 2. The van der Waals surface area contributed by atoms with Crippen molar-refractivity contribution in [1.29, 1.82) is 0 Å². The van der Waals surface area contributed by atoms with Gasteiger partial charge in [-0.15, -0.1) is 0 Å². The van der Waals surface area contributed by atoms with E-state index < -0.39 is 0 Å². The highest BCUT2D eigenvalue weighted by Crippen LogP contribution is 2.21. The summed E-state index contributed by atoms with van der Waals surface area (Å²) in [4.78, 5) is 12.0. The van der Waals surface area contributed by atoms with Crippen molar-refractivity contribution in [1.82, 2.24) is 5.32 Å². The van der Waals surface area contributed by atoms with Gasteiger partial charge >= 0.3 is 0 Å². The Bertz CT molecular complexity index is 581. The van der Waals surface area contributed by atoms with Crippen LogP contribution in [0.2, 0.25) is 0 Å². The predicted octanol–water partition coefficient (Wildman–Crippen LogP) is 1.89. The van der Waals surface area contributed by atoms with E-state index in [9.17, 15) is 4.79 Å². The predicted molar refractivity (Wildman–Crippen MR) is 79.0 cm³/mol. The summed E-state index contributed by atoms with van der Waals surface area (Å²) in [5.41, 5.74) is 12.4. The van der Waals surface area contributed by atoms with Crippen LogP contribution in [0.15, 0.2) is 36.4 Å². The van der Waals surface area contributed by atoms with E-state index in [0.29, 0.717) is 24.3 Å². The molecule has 0 aliphatic heterocycles. The summed E-state index contributed by atoms with van der Waals surface area (Å²) in [6.45, 7) is 1.27. The van der Waals surface area contributed by atoms with Crippen molar-refractivity contribution in [2.45, 2.75) is 12.8 Å². The van der Waals surface area contributed by atoms with Crippen LogP contribution in [0.5, 0.6) is 0 Å². The molecule has 5 N–H and O–H groups in total. The van der Waals surface area contributed by atoms with Gasteiger partial charge in [-0.05, 0) is 42.3 Å². The molecule has 19 heavy (non-hydrogen) atoms. The number of hydrogen-bond acceptors (Lipinski definition) is 3. The lowest BCUT2D eigenvalue weighted by molar-refractivity contribution is 0.0954. The average Bonchev–Trinajstić information content (AvgIpc) is 2.42. The fourth-order valence-corrected chi connectivity index (χ4v) is 2.02. The molecule has 0 radical (unpaired) electrons. The molecule has 0 saturated carbocycles. The van der Waals surface area contributed by atoms with E-state index in [0.717, 1.165) is 23.6 Å². The SMILES string of the molecule is NCCCCNC(=O)c1cc2ccccc2cc1N. The van der Waals surface area contributed by atoms with Gasteiger partial charge in [0.1, 0.15) is 0 Å². The number of fused-ring (bicyclic) bond motifs is 1. The number of benzene rings is 2. The second-order valence-electron chi connectivity index (χ2n) is 4.54. The average molecular weight is 257 g/mol. The zero-order valence-corrected chi connectivity index (χ0v) is 10.9. The molecule has 0 atom stereocenters. The van der Waals surface area contributed by atoms with Crippen molar-refractivity contribution < 1.29 is 4.79 Å². The van der Waals surface area contributed by atoms with Crippen LogP contribution in [-0.2, 0) is 0 Å². The van der Waals surface area contributed by atoms with Crippen LogP contribution in [0.4, 0.5) is 5.69 Å². The zero-order valence-electron chi connectivity index (χ0n) is 10.9. The molecule has 4 heteroatoms. The summed E-state index contributed by atoms with van der Waals surface area (Å²) >= 11 is 0. The number of carbonyl (C=O) groups excluding carboxylic acids is 1. The monoisotopic (exact) mass is 257 g/mol. The summed E-state index contributed by atoms with van der Waals surface area (Å²) in [6, 6.07) is 11.5. The van der Waals surface area contributed by atoms with Crippen molar-refractivity contribution in [2.75, 3.05) is 18.8 Å². The van der Waals surface area contributed by atoms with Gasteiger partial charge in [-0.3, -0.25) is 4.79 Å². The van der Waals surface area contributed by atoms with Gasteiger partial charge in [-0.25, -0.2) is 0 Å². The summed E-state index contributed by atoms with van der Waals surface area (Å²) in [7, 11) is 0. The highest BCUT2D eigenvalue weighted by molar-refractivity contribution is 6.03. The molecule has 0 aromatic heterocycles. The van der Waals surface area contributed by atoms with Crippen molar-refractivity contribution in [2.24, 2.45) is 5.73 Å². The van der Waals surface area contributed by atoms with Crippen LogP contribution in [0.1, 0.15) is 23.2 Å². The fourth-order valence-electron chi connectivity index (χ4n) is 2.02. The van der Waals surface area contributed by atoms with Crippen LogP contribution < -0.4 is 16.8 Å². The number of unbranched alkanes of at least 4 members (excludes halogenated alkanes) is 1. The molecule has 0 aliphatic carbocycles. The van der Waals surface area contributed by atoms with Gasteiger partial charge in [0.15, 0.2) is 0 Å². The Morgan fingerprint density at radius 2 is 1.79 bits per heavy atom. The third-order valence-corrected chi connectivity index (χ3v) is 3.08. The first kappa shape index (κ1) is 13.4. The Morgan fingerprint density at radius 1 is 1.11 bits per heavy atom. The molecule has 2 aromatic carbocycles. The maximum atomic E-state index is 12.0. The molecular formula is C15H19N3O. The molecule has 2 aromatic rings. The number of carbonyl (C=O) groups is 1. The topological polar surface area (TPSA) is 81.1 Å². The van der Waals surface area contributed by atoms with Gasteiger partial charge in [0.05, 0.1) is 5.56 Å². The van der Waals surface area contributed by atoms with Gasteiger partial charge in [0.2, 0.25) is 0 Å². The second kappa shape index (κ2) is 6.20. The van der Waals surface area contributed by atoms with E-state index in [1.807, 2.05) is 36.4 Å². The van der Waals surface area contributed by atoms with Crippen molar-refractivity contribution in [3.63, 3.8) is 0 Å². The molecule has 0 saturated heterocycles. The molecule has 0 aliphatic rings. The van der Waals surface area contributed by atoms with E-state index >= 15 is 0 Å². The molecule has 0 fully saturated rings. The minimum absolute atomic E-state index is 0.125. The van der Waals surface area contributed by atoms with Gasteiger partial charge < -0.3 is 16.8 Å². The Labute approximate surface area is 112 Å². The third kappa shape index (κ3) is 3.23. The molecule has 100 valence electrons. The minimum atomic E-state index is -0.125. The maximum Gasteiger partial charge on any atom is 0.253 e. The molecule has 1 amide bonds. The summed E-state index contributed by atoms with van der Waals surface area (Å²) in [6.07, 6.45) is 1.79. The minimum Gasteiger partial charge on any atom is -0.398 e. The number of rotatable bonds is 5. The quantitative estimate of drug-likeness (QED) is 0.565. The van der Waals surface area contributed by atoms with E-state index in [4.69, 9.17) is 11.5 Å². The molecule has 0 heterocycles. The van der Waals surface area contributed by atoms with Gasteiger partial charge in [-0.2, -0.15) is 0 Å². The number of nitrogen functional groups attached to an aromatic ring is 1. The largest absolute Gasteiger partial charge is 0.398 e. The molecule has 2 rings (SSSR count). The number of amides is 1. The van der Waals surface area contributed by atoms with Crippen LogP contribution in [0.3, 0.4) is 0 Å². The van der Waals surface area contributed by atoms with Crippen LogP contribution >= 0.6 is 0 Å². The molecule has 0 bridgehead atoms. The fraction of sp³-hybridized carbons (Fsp3) is 0.267. The third-order valence-electron chi connectivity index (χ3n) is 3.08. The number of nitrogens with one attached hydrogen (secondary N) is 1.